The van der Waals surface area contributed by atoms with Crippen molar-refractivity contribution in [2.24, 2.45) is 0 Å². The van der Waals surface area contributed by atoms with Gasteiger partial charge in [-0.2, -0.15) is 0 Å². The Morgan fingerprint density at radius 1 is 1.07 bits per heavy atom. The van der Waals surface area contributed by atoms with Gasteiger partial charge >= 0.3 is 11.9 Å². The van der Waals surface area contributed by atoms with Gasteiger partial charge in [0.1, 0.15) is 34.8 Å². The maximum Gasteiger partial charge on any atom is 0.350 e. The van der Waals surface area contributed by atoms with Crippen molar-refractivity contribution in [1.82, 2.24) is 4.98 Å². The molecule has 3 heterocycles. The van der Waals surface area contributed by atoms with Crippen LogP contribution in [0.15, 0.2) is 76.9 Å². The van der Waals surface area contributed by atoms with Gasteiger partial charge < -0.3 is 19.0 Å². The molecule has 0 aliphatic carbocycles. The van der Waals surface area contributed by atoms with Gasteiger partial charge in [-0.1, -0.05) is 35.6 Å². The summed E-state index contributed by atoms with van der Waals surface area (Å²) in [7, 11) is 0. The minimum atomic E-state index is -1.09. The van der Waals surface area contributed by atoms with Crippen LogP contribution in [0, 0.1) is 13.8 Å². The van der Waals surface area contributed by atoms with Crippen LogP contribution < -0.4 is 9.64 Å². The molecule has 1 amide bonds. The van der Waals surface area contributed by atoms with Crippen molar-refractivity contribution < 1.29 is 33.4 Å². The number of anilines is 1. The number of aliphatic hydroxyl groups excluding tert-OH is 1. The lowest BCUT2D eigenvalue weighted by Crippen LogP contribution is -2.29. The Labute approximate surface area is 234 Å². The molecule has 40 heavy (non-hydrogen) atoms. The summed E-state index contributed by atoms with van der Waals surface area (Å²) in [5.41, 5.74) is 2.69. The molecule has 10 heteroatoms. The molecule has 204 valence electrons. The summed E-state index contributed by atoms with van der Waals surface area (Å²) >= 11 is 0.933. The summed E-state index contributed by atoms with van der Waals surface area (Å²) < 4.78 is 16.6. The second kappa shape index (κ2) is 11.2. The highest BCUT2D eigenvalue weighted by atomic mass is 32.1. The van der Waals surface area contributed by atoms with Crippen LogP contribution in [0.1, 0.15) is 50.8 Å². The van der Waals surface area contributed by atoms with Gasteiger partial charge in [0.15, 0.2) is 5.13 Å². The molecule has 0 spiro atoms. The molecule has 2 aromatic carbocycles. The highest BCUT2D eigenvalue weighted by molar-refractivity contribution is 7.17. The minimum absolute atomic E-state index is 0.114. The molecule has 1 aliphatic rings. The number of nitrogens with zero attached hydrogens (tertiary/aromatic N) is 2. The number of aryl methyl sites for hydroxylation is 2. The number of carbonyl (C=O) groups is 3. The third-order valence-electron chi connectivity index (χ3n) is 6.49. The predicted octanol–water partition coefficient (Wildman–Crippen LogP) is 5.73. The lowest BCUT2D eigenvalue weighted by atomic mass is 9.99. The molecule has 2 aromatic heterocycles. The topological polar surface area (TPSA) is 119 Å². The number of furan rings is 1. The van der Waals surface area contributed by atoms with Gasteiger partial charge in [0.05, 0.1) is 24.1 Å². The summed E-state index contributed by atoms with van der Waals surface area (Å²) in [5.74, 6) is -1.90. The second-order valence-corrected chi connectivity index (χ2v) is 10.0. The molecule has 1 aliphatic heterocycles. The number of esters is 1. The van der Waals surface area contributed by atoms with Crippen molar-refractivity contribution >= 4 is 39.9 Å². The Hall–Kier alpha value is -4.70. The van der Waals surface area contributed by atoms with E-state index in [1.165, 1.54) is 6.26 Å². The number of ketones is 1. The Morgan fingerprint density at radius 2 is 1.82 bits per heavy atom. The van der Waals surface area contributed by atoms with Crippen molar-refractivity contribution in [3.05, 3.63) is 106 Å². The molecular weight excluding hydrogens is 532 g/mol. The molecule has 4 aromatic rings. The van der Waals surface area contributed by atoms with Gasteiger partial charge in [-0.05, 0) is 68.3 Å². The van der Waals surface area contributed by atoms with E-state index in [9.17, 15) is 19.5 Å². The maximum absolute atomic E-state index is 13.3. The first-order valence-corrected chi connectivity index (χ1v) is 13.4. The lowest BCUT2D eigenvalue weighted by Gasteiger charge is -2.20. The fourth-order valence-electron chi connectivity index (χ4n) is 4.41. The van der Waals surface area contributed by atoms with Crippen LogP contribution in [0.5, 0.6) is 5.75 Å². The number of Topliss-reactive ketones (excluding diaryl/α,β-unsaturated/α-hetero) is 1. The summed E-state index contributed by atoms with van der Waals surface area (Å²) in [4.78, 5) is 44.7. The van der Waals surface area contributed by atoms with Crippen LogP contribution >= 0.6 is 11.3 Å². The largest absolute Gasteiger partial charge is 0.507 e. The van der Waals surface area contributed by atoms with Crippen LogP contribution in [-0.4, -0.2) is 34.4 Å². The molecule has 1 atom stereocenters. The molecule has 1 unspecified atom stereocenters. The van der Waals surface area contributed by atoms with E-state index in [1.807, 2.05) is 31.2 Å². The number of rotatable bonds is 8. The molecule has 9 nitrogen and oxygen atoms in total. The maximum atomic E-state index is 13.3. The van der Waals surface area contributed by atoms with E-state index in [2.05, 4.69) is 4.98 Å². The van der Waals surface area contributed by atoms with Crippen molar-refractivity contribution in [3.63, 3.8) is 0 Å². The number of thiazole rings is 1. The lowest BCUT2D eigenvalue weighted by molar-refractivity contribution is -0.132. The Bertz CT molecular complexity index is 1600. The summed E-state index contributed by atoms with van der Waals surface area (Å²) in [5, 5.41) is 11.4. The van der Waals surface area contributed by atoms with Gasteiger partial charge in [-0.15, -0.1) is 0 Å². The number of amides is 1. The number of aromatic nitrogens is 1. The van der Waals surface area contributed by atoms with E-state index < -0.39 is 23.7 Å². The molecule has 0 bridgehead atoms. The fourth-order valence-corrected chi connectivity index (χ4v) is 5.40. The SMILES string of the molecule is CCOC(=O)c1sc(N2C(=O)C(=O)C(=C(O)c3ccc(OCc4ccccc4C)cc3)C2c2ccco2)nc1C. The number of ether oxygens (including phenoxy) is 2. The first-order valence-electron chi connectivity index (χ1n) is 12.6. The minimum Gasteiger partial charge on any atom is -0.507 e. The van der Waals surface area contributed by atoms with Gasteiger partial charge in [0.25, 0.3) is 5.78 Å². The number of hydrogen-bond donors (Lipinski definition) is 1. The molecular formula is C30H26N2O7S. The summed E-state index contributed by atoms with van der Waals surface area (Å²) in [6, 6.07) is 16.6. The fraction of sp³-hybridized carbons (Fsp3) is 0.200. The Kier molecular flexibility index (Phi) is 7.52. The van der Waals surface area contributed by atoms with Crippen molar-refractivity contribution in [1.29, 1.82) is 0 Å². The van der Waals surface area contributed by atoms with Gasteiger partial charge in [0, 0.05) is 5.56 Å². The van der Waals surface area contributed by atoms with Crippen molar-refractivity contribution in [3.8, 4) is 5.75 Å². The predicted molar refractivity (Wildman–Crippen MR) is 148 cm³/mol. The standard InChI is InChI=1S/C30H26N2O7S/c1-4-37-29(36)27-18(3)31-30(40-27)32-24(22-10-7-15-38-22)23(26(34)28(32)35)25(33)19-11-13-21(14-12-19)39-16-20-9-6-5-8-17(20)2/h5-15,24,33H,4,16H2,1-3H3. The first kappa shape index (κ1) is 26.9. The van der Waals surface area contributed by atoms with E-state index >= 15 is 0 Å². The third kappa shape index (κ3) is 5.01. The van der Waals surface area contributed by atoms with Crippen molar-refractivity contribution in [2.45, 2.75) is 33.4 Å². The second-order valence-electron chi connectivity index (χ2n) is 9.06. The zero-order valence-corrected chi connectivity index (χ0v) is 22.9. The van der Waals surface area contributed by atoms with E-state index in [0.717, 1.165) is 27.4 Å². The number of benzene rings is 2. The monoisotopic (exact) mass is 558 g/mol. The van der Waals surface area contributed by atoms with E-state index in [4.69, 9.17) is 13.9 Å². The van der Waals surface area contributed by atoms with Gasteiger partial charge in [-0.25, -0.2) is 9.78 Å². The van der Waals surface area contributed by atoms with Gasteiger partial charge in [-0.3, -0.25) is 14.5 Å². The van der Waals surface area contributed by atoms with E-state index in [0.29, 0.717) is 23.6 Å². The Balaban J connectivity index is 1.49. The first-order chi connectivity index (χ1) is 19.3. The summed E-state index contributed by atoms with van der Waals surface area (Å²) in [6.45, 7) is 5.87. The van der Waals surface area contributed by atoms with Crippen LogP contribution in [0.2, 0.25) is 0 Å². The smallest absolute Gasteiger partial charge is 0.350 e. The zero-order chi connectivity index (χ0) is 28.4. The molecule has 1 fully saturated rings. The molecule has 1 N–H and O–H groups in total. The average molecular weight is 559 g/mol. The normalized spacial score (nSPS) is 16.4. The quantitative estimate of drug-likeness (QED) is 0.126. The van der Waals surface area contributed by atoms with Gasteiger partial charge in [0.2, 0.25) is 0 Å². The van der Waals surface area contributed by atoms with Crippen LogP contribution in [0.3, 0.4) is 0 Å². The number of aliphatic hydroxyl groups is 1. The highest BCUT2D eigenvalue weighted by Gasteiger charge is 2.49. The molecule has 1 saturated heterocycles. The van der Waals surface area contributed by atoms with Crippen LogP contribution in [-0.2, 0) is 20.9 Å². The number of carbonyl (C=O) groups excluding carboxylic acids is 3. The third-order valence-corrected chi connectivity index (χ3v) is 7.63. The molecule has 5 rings (SSSR count). The summed E-state index contributed by atoms with van der Waals surface area (Å²) in [6.07, 6.45) is 1.41. The molecule has 0 radical (unpaired) electrons. The van der Waals surface area contributed by atoms with E-state index in [-0.39, 0.29) is 33.7 Å². The Morgan fingerprint density at radius 3 is 2.50 bits per heavy atom. The zero-order valence-electron chi connectivity index (χ0n) is 22.0. The van der Waals surface area contributed by atoms with Crippen molar-refractivity contribution in [2.75, 3.05) is 11.5 Å². The van der Waals surface area contributed by atoms with E-state index in [1.54, 1.807) is 50.2 Å². The average Bonchev–Trinajstić information content (AvgIpc) is 3.67. The molecule has 0 saturated carbocycles. The van der Waals surface area contributed by atoms with Crippen LogP contribution in [0.25, 0.3) is 5.76 Å². The number of hydrogen-bond acceptors (Lipinski definition) is 9. The van der Waals surface area contributed by atoms with Crippen LogP contribution in [0.4, 0.5) is 5.13 Å². The highest BCUT2D eigenvalue weighted by Crippen LogP contribution is 2.44.